The summed E-state index contributed by atoms with van der Waals surface area (Å²) in [4.78, 5) is 24.5. The normalized spacial score (nSPS) is 16.5. The Morgan fingerprint density at radius 1 is 1.29 bits per heavy atom. The molecule has 0 saturated carbocycles. The van der Waals surface area contributed by atoms with E-state index >= 15 is 0 Å². The highest BCUT2D eigenvalue weighted by Crippen LogP contribution is 2.06. The molecule has 1 heterocycles. The van der Waals surface area contributed by atoms with Gasteiger partial charge in [0, 0.05) is 6.67 Å². The lowest BCUT2D eigenvalue weighted by molar-refractivity contribution is -0.131. The average molecular weight is 244 g/mol. The zero-order valence-electron chi connectivity index (χ0n) is 10.5. The summed E-state index contributed by atoms with van der Waals surface area (Å²) in [6.07, 6.45) is -0.580. The first-order valence-electron chi connectivity index (χ1n) is 5.54. The van der Waals surface area contributed by atoms with E-state index in [0.29, 0.717) is 20.0 Å². The van der Waals surface area contributed by atoms with Gasteiger partial charge in [-0.25, -0.2) is 4.79 Å². The molecular weight excluding hydrogens is 224 g/mol. The van der Waals surface area contributed by atoms with Gasteiger partial charge in [-0.1, -0.05) is 0 Å². The Morgan fingerprint density at radius 3 is 2.41 bits per heavy atom. The number of ether oxygens (including phenoxy) is 1. The van der Waals surface area contributed by atoms with Crippen molar-refractivity contribution in [2.75, 3.05) is 26.6 Å². The molecule has 0 unspecified atom stereocenters. The van der Waals surface area contributed by atoms with Gasteiger partial charge in [0.1, 0.15) is 12.1 Å². The van der Waals surface area contributed by atoms with Crippen molar-refractivity contribution in [1.82, 2.24) is 20.9 Å². The van der Waals surface area contributed by atoms with Gasteiger partial charge < -0.3 is 15.0 Å². The van der Waals surface area contributed by atoms with E-state index in [-0.39, 0.29) is 12.5 Å². The van der Waals surface area contributed by atoms with E-state index in [1.54, 1.807) is 25.7 Å². The summed E-state index contributed by atoms with van der Waals surface area (Å²) in [7, 11) is 0. The number of hydrogen-bond acceptors (Lipinski definition) is 5. The van der Waals surface area contributed by atoms with E-state index < -0.39 is 11.7 Å². The van der Waals surface area contributed by atoms with Gasteiger partial charge in [-0.15, -0.1) is 0 Å². The molecular formula is C10H20N4O3. The van der Waals surface area contributed by atoms with E-state index in [2.05, 4.69) is 16.0 Å². The summed E-state index contributed by atoms with van der Waals surface area (Å²) < 4.78 is 5.02. The molecule has 0 radical (unpaired) electrons. The van der Waals surface area contributed by atoms with Crippen LogP contribution >= 0.6 is 0 Å². The number of carbonyl (C=O) groups excluding carboxylic acids is 2. The standard InChI is InChI=1S/C10H20N4O3/c1-10(2,3)17-9(16)13-4-8(15)14-6-11-5-12-7-14/h11-12H,4-7H2,1-3H3,(H,13,16). The minimum Gasteiger partial charge on any atom is -0.444 e. The molecule has 1 rings (SSSR count). The van der Waals surface area contributed by atoms with E-state index in [1.165, 1.54) is 0 Å². The molecule has 0 atom stereocenters. The number of nitrogens with one attached hydrogen (secondary N) is 3. The van der Waals surface area contributed by atoms with Crippen LogP contribution in [0.1, 0.15) is 20.8 Å². The first-order chi connectivity index (χ1) is 7.88. The molecule has 0 aromatic heterocycles. The number of amides is 2. The maximum Gasteiger partial charge on any atom is 0.408 e. The van der Waals surface area contributed by atoms with Crippen molar-refractivity contribution in [3.05, 3.63) is 0 Å². The van der Waals surface area contributed by atoms with Crippen LogP contribution in [-0.2, 0) is 9.53 Å². The molecule has 1 aliphatic rings. The number of hydrogen-bond donors (Lipinski definition) is 3. The second-order valence-corrected chi connectivity index (χ2v) is 4.78. The zero-order chi connectivity index (χ0) is 12.9. The fraction of sp³-hybridized carbons (Fsp3) is 0.800. The molecule has 0 aliphatic carbocycles. The molecule has 7 heteroatoms. The van der Waals surface area contributed by atoms with Crippen molar-refractivity contribution in [2.24, 2.45) is 0 Å². The summed E-state index contributed by atoms with van der Waals surface area (Å²) in [6.45, 7) is 6.91. The van der Waals surface area contributed by atoms with Gasteiger partial charge in [0.2, 0.25) is 5.91 Å². The van der Waals surface area contributed by atoms with Crippen LogP contribution in [0.15, 0.2) is 0 Å². The Hall–Kier alpha value is -1.34. The van der Waals surface area contributed by atoms with Crippen LogP contribution in [0.4, 0.5) is 4.79 Å². The van der Waals surface area contributed by atoms with Crippen LogP contribution < -0.4 is 16.0 Å². The third kappa shape index (κ3) is 5.50. The van der Waals surface area contributed by atoms with E-state index in [4.69, 9.17) is 4.74 Å². The number of carbonyl (C=O) groups is 2. The van der Waals surface area contributed by atoms with E-state index in [9.17, 15) is 9.59 Å². The molecule has 98 valence electrons. The first kappa shape index (κ1) is 13.7. The SMILES string of the molecule is CC(C)(C)OC(=O)NCC(=O)N1CNCNC1. The van der Waals surface area contributed by atoms with Gasteiger partial charge in [-0.05, 0) is 20.8 Å². The number of rotatable bonds is 2. The topological polar surface area (TPSA) is 82.7 Å². The third-order valence-electron chi connectivity index (χ3n) is 1.99. The number of nitrogens with zero attached hydrogens (tertiary/aromatic N) is 1. The summed E-state index contributed by atoms with van der Waals surface area (Å²) >= 11 is 0. The molecule has 3 N–H and O–H groups in total. The highest BCUT2D eigenvalue weighted by atomic mass is 16.6. The Balaban J connectivity index is 2.25. The average Bonchev–Trinajstić information content (AvgIpc) is 2.25. The van der Waals surface area contributed by atoms with Gasteiger partial charge in [-0.2, -0.15) is 0 Å². The summed E-state index contributed by atoms with van der Waals surface area (Å²) in [5.41, 5.74) is -0.554. The largest absolute Gasteiger partial charge is 0.444 e. The quantitative estimate of drug-likeness (QED) is 0.604. The van der Waals surface area contributed by atoms with Gasteiger partial charge >= 0.3 is 6.09 Å². The molecule has 7 nitrogen and oxygen atoms in total. The van der Waals surface area contributed by atoms with Crippen molar-refractivity contribution in [2.45, 2.75) is 26.4 Å². The third-order valence-corrected chi connectivity index (χ3v) is 1.99. The van der Waals surface area contributed by atoms with E-state index in [0.717, 1.165) is 0 Å². The van der Waals surface area contributed by atoms with Crippen molar-refractivity contribution in [3.8, 4) is 0 Å². The van der Waals surface area contributed by atoms with Crippen molar-refractivity contribution >= 4 is 12.0 Å². The highest BCUT2D eigenvalue weighted by molar-refractivity contribution is 5.82. The Bertz CT molecular complexity index is 282. The summed E-state index contributed by atoms with van der Waals surface area (Å²) in [6, 6.07) is 0. The molecule has 0 aromatic carbocycles. The Labute approximate surface area is 101 Å². The molecule has 2 amide bonds. The van der Waals surface area contributed by atoms with Gasteiger partial charge in [-0.3, -0.25) is 15.4 Å². The van der Waals surface area contributed by atoms with Crippen LogP contribution in [-0.4, -0.2) is 49.1 Å². The second-order valence-electron chi connectivity index (χ2n) is 4.78. The van der Waals surface area contributed by atoms with E-state index in [1.807, 2.05) is 0 Å². The van der Waals surface area contributed by atoms with Crippen LogP contribution in [0.3, 0.4) is 0 Å². The maximum absolute atomic E-state index is 11.6. The molecule has 1 saturated heterocycles. The zero-order valence-corrected chi connectivity index (χ0v) is 10.5. The van der Waals surface area contributed by atoms with Crippen LogP contribution in [0.25, 0.3) is 0 Å². The maximum atomic E-state index is 11.6. The Kier molecular flexibility index (Phi) is 4.71. The minimum atomic E-state index is -0.580. The molecule has 0 bridgehead atoms. The van der Waals surface area contributed by atoms with Gasteiger partial charge in [0.05, 0.1) is 13.3 Å². The Morgan fingerprint density at radius 2 is 1.88 bits per heavy atom. The van der Waals surface area contributed by atoms with Crippen LogP contribution in [0.5, 0.6) is 0 Å². The monoisotopic (exact) mass is 244 g/mol. The molecule has 1 aliphatic heterocycles. The lowest BCUT2D eigenvalue weighted by Gasteiger charge is -2.28. The highest BCUT2D eigenvalue weighted by Gasteiger charge is 2.19. The second kappa shape index (κ2) is 5.83. The minimum absolute atomic E-state index is 0.0573. The van der Waals surface area contributed by atoms with Crippen LogP contribution in [0, 0.1) is 0 Å². The molecule has 0 spiro atoms. The summed E-state index contributed by atoms with van der Waals surface area (Å²) in [5.74, 6) is -0.157. The predicted octanol–water partition coefficient (Wildman–Crippen LogP) is -0.595. The summed E-state index contributed by atoms with van der Waals surface area (Å²) in [5, 5.41) is 8.41. The smallest absolute Gasteiger partial charge is 0.408 e. The predicted molar refractivity (Wildman–Crippen MR) is 62.0 cm³/mol. The first-order valence-corrected chi connectivity index (χ1v) is 5.54. The fourth-order valence-electron chi connectivity index (χ4n) is 1.28. The molecule has 0 aromatic rings. The lowest BCUT2D eigenvalue weighted by Crippen LogP contribution is -2.55. The van der Waals surface area contributed by atoms with Gasteiger partial charge in [0.15, 0.2) is 0 Å². The molecule has 17 heavy (non-hydrogen) atoms. The van der Waals surface area contributed by atoms with Crippen molar-refractivity contribution < 1.29 is 14.3 Å². The van der Waals surface area contributed by atoms with Crippen molar-refractivity contribution in [3.63, 3.8) is 0 Å². The van der Waals surface area contributed by atoms with Crippen molar-refractivity contribution in [1.29, 1.82) is 0 Å². The number of alkyl carbamates (subject to hydrolysis) is 1. The lowest BCUT2D eigenvalue weighted by atomic mass is 10.2. The molecule has 1 fully saturated rings. The fourth-order valence-corrected chi connectivity index (χ4v) is 1.28. The van der Waals surface area contributed by atoms with Crippen LogP contribution in [0.2, 0.25) is 0 Å². The van der Waals surface area contributed by atoms with Gasteiger partial charge in [0.25, 0.3) is 0 Å².